The Balaban J connectivity index is 3.48. The van der Waals surface area contributed by atoms with Crippen LogP contribution in [0.4, 0.5) is 4.79 Å². The standard InChI is InChI=1S/C12H22N2O4/c1-5-10(4)8-14-18-12(16)13-6-7-17-11(15)9(2)3/h10,14H,2,5-8H2,1,3-4H3,(H,13,16). The van der Waals surface area contributed by atoms with Crippen LogP contribution in [0.5, 0.6) is 0 Å². The van der Waals surface area contributed by atoms with Gasteiger partial charge in [0.2, 0.25) is 0 Å². The Morgan fingerprint density at radius 1 is 1.39 bits per heavy atom. The summed E-state index contributed by atoms with van der Waals surface area (Å²) in [5.74, 6) is -0.0330. The van der Waals surface area contributed by atoms with Gasteiger partial charge in [-0.25, -0.2) is 9.59 Å². The molecule has 6 nitrogen and oxygen atoms in total. The van der Waals surface area contributed by atoms with Crippen LogP contribution in [0.2, 0.25) is 0 Å². The fraction of sp³-hybridized carbons (Fsp3) is 0.667. The van der Waals surface area contributed by atoms with Gasteiger partial charge in [-0.1, -0.05) is 26.8 Å². The Hall–Kier alpha value is -1.56. The van der Waals surface area contributed by atoms with Crippen LogP contribution in [0.3, 0.4) is 0 Å². The van der Waals surface area contributed by atoms with E-state index in [1.54, 1.807) is 6.92 Å². The molecule has 0 aliphatic carbocycles. The number of rotatable bonds is 8. The largest absolute Gasteiger partial charge is 0.460 e. The van der Waals surface area contributed by atoms with Crippen LogP contribution < -0.4 is 10.8 Å². The highest BCUT2D eigenvalue weighted by molar-refractivity contribution is 5.86. The summed E-state index contributed by atoms with van der Waals surface area (Å²) in [6, 6.07) is 0. The van der Waals surface area contributed by atoms with Gasteiger partial charge in [-0.05, 0) is 12.8 Å². The molecule has 0 spiro atoms. The zero-order valence-electron chi connectivity index (χ0n) is 11.2. The van der Waals surface area contributed by atoms with Crippen molar-refractivity contribution in [2.45, 2.75) is 27.2 Å². The second kappa shape index (κ2) is 9.47. The Bertz CT molecular complexity index is 292. The number of amides is 1. The molecule has 0 bridgehead atoms. The predicted octanol–water partition coefficient (Wildman–Crippen LogP) is 1.38. The van der Waals surface area contributed by atoms with Gasteiger partial charge in [-0.15, -0.1) is 0 Å². The van der Waals surface area contributed by atoms with E-state index in [9.17, 15) is 9.59 Å². The molecule has 2 N–H and O–H groups in total. The third-order valence-corrected chi connectivity index (χ3v) is 2.25. The normalized spacial score (nSPS) is 11.5. The Morgan fingerprint density at radius 2 is 2.06 bits per heavy atom. The minimum absolute atomic E-state index is 0.0894. The van der Waals surface area contributed by atoms with Crippen molar-refractivity contribution in [3.63, 3.8) is 0 Å². The molecule has 0 rings (SSSR count). The summed E-state index contributed by atoms with van der Waals surface area (Å²) in [6.07, 6.45) is 0.416. The molecule has 0 radical (unpaired) electrons. The zero-order chi connectivity index (χ0) is 14.0. The lowest BCUT2D eigenvalue weighted by Gasteiger charge is -2.10. The minimum Gasteiger partial charge on any atom is -0.460 e. The molecule has 18 heavy (non-hydrogen) atoms. The van der Waals surface area contributed by atoms with E-state index >= 15 is 0 Å². The van der Waals surface area contributed by atoms with Crippen molar-refractivity contribution in [2.75, 3.05) is 19.7 Å². The molecule has 0 aromatic heterocycles. The zero-order valence-corrected chi connectivity index (χ0v) is 11.2. The highest BCUT2D eigenvalue weighted by Gasteiger charge is 2.05. The first-order chi connectivity index (χ1) is 8.47. The first-order valence-electron chi connectivity index (χ1n) is 5.97. The highest BCUT2D eigenvalue weighted by atomic mass is 16.7. The number of esters is 1. The van der Waals surface area contributed by atoms with Gasteiger partial charge in [0, 0.05) is 12.1 Å². The smallest absolute Gasteiger partial charge is 0.426 e. The molecule has 0 fully saturated rings. The van der Waals surface area contributed by atoms with Crippen LogP contribution in [-0.2, 0) is 14.4 Å². The van der Waals surface area contributed by atoms with Gasteiger partial charge in [-0.3, -0.25) is 0 Å². The van der Waals surface area contributed by atoms with E-state index in [1.165, 1.54) is 0 Å². The number of carbonyl (C=O) groups is 2. The Morgan fingerprint density at radius 3 is 2.61 bits per heavy atom. The molecule has 0 aliphatic rings. The first kappa shape index (κ1) is 16.4. The summed E-state index contributed by atoms with van der Waals surface area (Å²) in [6.45, 7) is 9.99. The summed E-state index contributed by atoms with van der Waals surface area (Å²) in [5.41, 5.74) is 2.90. The molecule has 1 unspecified atom stereocenters. The fourth-order valence-corrected chi connectivity index (χ4v) is 0.850. The van der Waals surface area contributed by atoms with Crippen molar-refractivity contribution in [3.05, 3.63) is 12.2 Å². The van der Waals surface area contributed by atoms with E-state index in [0.717, 1.165) is 6.42 Å². The van der Waals surface area contributed by atoms with Gasteiger partial charge >= 0.3 is 12.1 Å². The second-order valence-corrected chi connectivity index (χ2v) is 4.09. The third kappa shape index (κ3) is 8.58. The van der Waals surface area contributed by atoms with Crippen LogP contribution in [0.25, 0.3) is 0 Å². The van der Waals surface area contributed by atoms with Gasteiger partial charge in [-0.2, -0.15) is 5.48 Å². The summed E-state index contributed by atoms with van der Waals surface area (Å²) < 4.78 is 4.78. The number of carbonyl (C=O) groups excluding carboxylic acids is 2. The van der Waals surface area contributed by atoms with Crippen molar-refractivity contribution < 1.29 is 19.2 Å². The molecular weight excluding hydrogens is 236 g/mol. The summed E-state index contributed by atoms with van der Waals surface area (Å²) in [4.78, 5) is 26.8. The van der Waals surface area contributed by atoms with Crippen LogP contribution >= 0.6 is 0 Å². The number of ether oxygens (including phenoxy) is 1. The molecule has 1 amide bonds. The molecule has 0 aliphatic heterocycles. The van der Waals surface area contributed by atoms with E-state index in [1.807, 2.05) is 6.92 Å². The first-order valence-corrected chi connectivity index (χ1v) is 5.97. The van der Waals surface area contributed by atoms with Crippen LogP contribution in [0.15, 0.2) is 12.2 Å². The van der Waals surface area contributed by atoms with E-state index in [-0.39, 0.29) is 13.2 Å². The molecule has 0 saturated carbocycles. The van der Waals surface area contributed by atoms with Crippen molar-refractivity contribution in [3.8, 4) is 0 Å². The monoisotopic (exact) mass is 258 g/mol. The van der Waals surface area contributed by atoms with Gasteiger partial charge in [0.1, 0.15) is 6.61 Å². The number of hydroxylamine groups is 1. The average molecular weight is 258 g/mol. The van der Waals surface area contributed by atoms with Gasteiger partial charge in [0.05, 0.1) is 6.54 Å². The lowest BCUT2D eigenvalue weighted by atomic mass is 10.1. The van der Waals surface area contributed by atoms with Crippen LogP contribution in [0.1, 0.15) is 27.2 Å². The molecule has 104 valence electrons. The van der Waals surface area contributed by atoms with Gasteiger partial charge < -0.3 is 14.9 Å². The summed E-state index contributed by atoms with van der Waals surface area (Å²) in [7, 11) is 0. The highest BCUT2D eigenvalue weighted by Crippen LogP contribution is 1.96. The van der Waals surface area contributed by atoms with Crippen molar-refractivity contribution in [1.82, 2.24) is 10.8 Å². The van der Waals surface area contributed by atoms with E-state index in [0.29, 0.717) is 18.0 Å². The van der Waals surface area contributed by atoms with Gasteiger partial charge in [0.15, 0.2) is 0 Å². The van der Waals surface area contributed by atoms with Crippen molar-refractivity contribution in [2.24, 2.45) is 5.92 Å². The molecule has 0 saturated heterocycles. The van der Waals surface area contributed by atoms with Gasteiger partial charge in [0.25, 0.3) is 0 Å². The van der Waals surface area contributed by atoms with Crippen LogP contribution in [0, 0.1) is 5.92 Å². The maximum absolute atomic E-state index is 11.1. The molecule has 0 aromatic rings. The topological polar surface area (TPSA) is 76.7 Å². The lowest BCUT2D eigenvalue weighted by Crippen LogP contribution is -2.34. The van der Waals surface area contributed by atoms with Crippen molar-refractivity contribution >= 4 is 12.1 Å². The minimum atomic E-state index is -0.593. The summed E-state index contributed by atoms with van der Waals surface area (Å²) >= 11 is 0. The van der Waals surface area contributed by atoms with Crippen LogP contribution in [-0.4, -0.2) is 31.8 Å². The maximum atomic E-state index is 11.1. The molecule has 1 atom stereocenters. The molecule has 6 heteroatoms. The molecule has 0 heterocycles. The third-order valence-electron chi connectivity index (χ3n) is 2.25. The number of hydrogen-bond acceptors (Lipinski definition) is 5. The fourth-order valence-electron chi connectivity index (χ4n) is 0.850. The number of hydrogen-bond donors (Lipinski definition) is 2. The molecular formula is C12H22N2O4. The lowest BCUT2D eigenvalue weighted by molar-refractivity contribution is -0.138. The molecule has 0 aromatic carbocycles. The Kier molecular flexibility index (Phi) is 8.65. The maximum Gasteiger partial charge on any atom is 0.426 e. The number of nitrogens with one attached hydrogen (secondary N) is 2. The SMILES string of the molecule is C=C(C)C(=O)OCCNC(=O)ONCC(C)CC. The van der Waals surface area contributed by atoms with E-state index in [2.05, 4.69) is 24.3 Å². The quantitative estimate of drug-likeness (QED) is 0.298. The van der Waals surface area contributed by atoms with Crippen molar-refractivity contribution in [1.29, 1.82) is 0 Å². The Labute approximate surface area is 108 Å². The average Bonchev–Trinajstić information content (AvgIpc) is 2.33. The second-order valence-electron chi connectivity index (χ2n) is 4.09. The van der Waals surface area contributed by atoms with E-state index in [4.69, 9.17) is 9.57 Å². The summed E-state index contributed by atoms with van der Waals surface area (Å²) in [5, 5.41) is 2.44. The van der Waals surface area contributed by atoms with E-state index < -0.39 is 12.1 Å². The predicted molar refractivity (Wildman–Crippen MR) is 67.7 cm³/mol.